The number of hydrogen-bond donors (Lipinski definition) is 3. The summed E-state index contributed by atoms with van der Waals surface area (Å²) in [5, 5.41) is 11.8. The first-order chi connectivity index (χ1) is 12.6. The van der Waals surface area contributed by atoms with Crippen LogP contribution in [0.5, 0.6) is 5.75 Å². The molecule has 0 fully saturated rings. The summed E-state index contributed by atoms with van der Waals surface area (Å²) in [6, 6.07) is 5.81. The molecule has 1 aromatic carbocycles. The van der Waals surface area contributed by atoms with Crippen molar-refractivity contribution >= 4 is 23.5 Å². The van der Waals surface area contributed by atoms with Gasteiger partial charge in [-0.2, -0.15) is 0 Å². The van der Waals surface area contributed by atoms with Crippen LogP contribution in [0.15, 0.2) is 24.3 Å². The molecule has 0 unspecified atom stereocenters. The number of alkyl halides is 1. The molecule has 1 amide bonds. The first-order valence-corrected chi connectivity index (χ1v) is 9.64. The zero-order valence-corrected chi connectivity index (χ0v) is 15.8. The molecule has 1 atom stereocenters. The number of carbonyl (C=O) groups excluding carboxylic acids is 1. The molecule has 26 heavy (non-hydrogen) atoms. The molecular formula is C19H29ClN2O4. The van der Waals surface area contributed by atoms with Crippen molar-refractivity contribution in [1.29, 1.82) is 0 Å². The number of rotatable bonds is 14. The predicted octanol–water partition coefficient (Wildman–Crippen LogP) is 3.18. The molecule has 0 saturated carbocycles. The fourth-order valence-corrected chi connectivity index (χ4v) is 2.62. The number of nitrogens with two attached hydrogens (primary N) is 1. The highest BCUT2D eigenvalue weighted by Crippen LogP contribution is 2.14. The van der Waals surface area contributed by atoms with E-state index in [1.54, 1.807) is 24.3 Å². The Bertz CT molecular complexity index is 537. The van der Waals surface area contributed by atoms with Crippen LogP contribution in [0.2, 0.25) is 0 Å². The molecule has 0 bridgehead atoms. The molecule has 0 spiro atoms. The van der Waals surface area contributed by atoms with E-state index in [2.05, 4.69) is 5.32 Å². The van der Waals surface area contributed by atoms with Crippen LogP contribution in [0.4, 0.5) is 0 Å². The first kappa shape index (κ1) is 22.3. The lowest BCUT2D eigenvalue weighted by molar-refractivity contribution is -0.139. The van der Waals surface area contributed by atoms with E-state index >= 15 is 0 Å². The normalized spacial score (nSPS) is 11.8. The summed E-state index contributed by atoms with van der Waals surface area (Å²) in [6.07, 6.45) is 5.92. The van der Waals surface area contributed by atoms with Crippen LogP contribution < -0.4 is 15.8 Å². The fourth-order valence-electron chi connectivity index (χ4n) is 2.43. The molecule has 146 valence electrons. The highest BCUT2D eigenvalue weighted by molar-refractivity contribution is 6.17. The van der Waals surface area contributed by atoms with Crippen molar-refractivity contribution < 1.29 is 19.4 Å². The van der Waals surface area contributed by atoms with Crippen LogP contribution in [0.25, 0.3) is 0 Å². The molecule has 0 saturated heterocycles. The van der Waals surface area contributed by atoms with Gasteiger partial charge in [0.25, 0.3) is 5.91 Å². The highest BCUT2D eigenvalue weighted by Gasteiger charge is 2.20. The number of aliphatic carboxylic acids is 1. The minimum atomic E-state index is -1.04. The molecule has 1 aromatic rings. The molecule has 0 aromatic heterocycles. The molecule has 4 N–H and O–H groups in total. The number of carbonyl (C=O) groups is 2. The fraction of sp³-hybridized carbons (Fsp3) is 0.579. The summed E-state index contributed by atoms with van der Waals surface area (Å²) >= 11 is 5.63. The number of nitrogens with one attached hydrogen (secondary N) is 1. The lowest BCUT2D eigenvalue weighted by Crippen LogP contribution is -2.40. The Labute approximate surface area is 160 Å². The third kappa shape index (κ3) is 9.06. The third-order valence-electron chi connectivity index (χ3n) is 3.96. The van der Waals surface area contributed by atoms with Gasteiger partial charge in [-0.1, -0.05) is 12.8 Å². The second kappa shape index (κ2) is 13.4. The zero-order valence-electron chi connectivity index (χ0n) is 15.1. The van der Waals surface area contributed by atoms with Crippen molar-refractivity contribution in [2.45, 2.75) is 51.0 Å². The van der Waals surface area contributed by atoms with Gasteiger partial charge in [-0.05, 0) is 62.9 Å². The molecule has 7 heteroatoms. The van der Waals surface area contributed by atoms with E-state index in [1.165, 1.54) is 0 Å². The third-order valence-corrected chi connectivity index (χ3v) is 4.23. The van der Waals surface area contributed by atoms with Gasteiger partial charge in [0.15, 0.2) is 0 Å². The van der Waals surface area contributed by atoms with E-state index in [4.69, 9.17) is 22.1 Å². The van der Waals surface area contributed by atoms with Gasteiger partial charge in [-0.3, -0.25) is 4.79 Å². The average molecular weight is 385 g/mol. The molecule has 6 nitrogen and oxygen atoms in total. The number of halogens is 1. The minimum Gasteiger partial charge on any atom is -0.494 e. The maximum Gasteiger partial charge on any atom is 0.326 e. The monoisotopic (exact) mass is 384 g/mol. The van der Waals surface area contributed by atoms with Gasteiger partial charge in [-0.15, -0.1) is 11.6 Å². The summed E-state index contributed by atoms with van der Waals surface area (Å²) in [7, 11) is 0. The van der Waals surface area contributed by atoms with Crippen LogP contribution >= 0.6 is 11.6 Å². The van der Waals surface area contributed by atoms with Gasteiger partial charge in [0.1, 0.15) is 11.8 Å². The summed E-state index contributed by atoms with van der Waals surface area (Å²) in [4.78, 5) is 23.5. The summed E-state index contributed by atoms with van der Waals surface area (Å²) in [5.74, 6) is -0.0564. The Morgan fingerprint density at radius 3 is 2.38 bits per heavy atom. The van der Waals surface area contributed by atoms with Gasteiger partial charge in [-0.25, -0.2) is 4.79 Å². The van der Waals surface area contributed by atoms with E-state index in [9.17, 15) is 14.7 Å². The second-order valence-electron chi connectivity index (χ2n) is 6.12. The van der Waals surface area contributed by atoms with Crippen LogP contribution in [0.1, 0.15) is 55.3 Å². The zero-order chi connectivity index (χ0) is 19.2. The van der Waals surface area contributed by atoms with E-state index in [0.29, 0.717) is 43.2 Å². The lowest BCUT2D eigenvalue weighted by atomic mass is 10.1. The van der Waals surface area contributed by atoms with E-state index < -0.39 is 17.9 Å². The molecular weight excluding hydrogens is 356 g/mol. The van der Waals surface area contributed by atoms with Gasteiger partial charge in [0.05, 0.1) is 6.61 Å². The molecule has 0 aliphatic heterocycles. The molecule has 0 aliphatic rings. The number of ether oxygens (including phenoxy) is 1. The first-order valence-electron chi connectivity index (χ1n) is 9.11. The Hall–Kier alpha value is -1.79. The van der Waals surface area contributed by atoms with Crippen LogP contribution in [0.3, 0.4) is 0 Å². The smallest absolute Gasteiger partial charge is 0.326 e. The van der Waals surface area contributed by atoms with E-state index in [-0.39, 0.29) is 0 Å². The van der Waals surface area contributed by atoms with E-state index in [0.717, 1.165) is 32.1 Å². The number of carboxylic acids is 1. The lowest BCUT2D eigenvalue weighted by Gasteiger charge is -2.14. The Morgan fingerprint density at radius 2 is 1.77 bits per heavy atom. The maximum atomic E-state index is 12.2. The Morgan fingerprint density at radius 1 is 1.08 bits per heavy atom. The maximum absolute atomic E-state index is 12.2. The van der Waals surface area contributed by atoms with Crippen molar-refractivity contribution in [3.05, 3.63) is 29.8 Å². The van der Waals surface area contributed by atoms with Crippen LogP contribution in [-0.2, 0) is 4.79 Å². The summed E-state index contributed by atoms with van der Waals surface area (Å²) < 4.78 is 5.64. The Kier molecular flexibility index (Phi) is 11.5. The Balaban J connectivity index is 2.43. The number of benzene rings is 1. The van der Waals surface area contributed by atoms with E-state index in [1.807, 2.05) is 0 Å². The van der Waals surface area contributed by atoms with Gasteiger partial charge < -0.3 is 20.9 Å². The van der Waals surface area contributed by atoms with Gasteiger partial charge in [0, 0.05) is 11.4 Å². The van der Waals surface area contributed by atoms with Crippen molar-refractivity contribution in [3.8, 4) is 5.75 Å². The number of hydrogen-bond acceptors (Lipinski definition) is 4. The molecule has 0 heterocycles. The standard InChI is InChI=1S/C19H29ClN2O4/c20-12-4-1-2-6-14-26-16-10-8-15(9-11-16)18(23)22-17(19(24)25)7-3-5-13-21/h8-11,17H,1-7,12-14,21H2,(H,22,23)(H,24,25)/t17-/m0/s1. The van der Waals surface area contributed by atoms with Crippen molar-refractivity contribution in [2.24, 2.45) is 5.73 Å². The molecule has 1 rings (SSSR count). The quantitative estimate of drug-likeness (QED) is 0.338. The van der Waals surface area contributed by atoms with Crippen LogP contribution in [-0.4, -0.2) is 42.1 Å². The highest BCUT2D eigenvalue weighted by atomic mass is 35.5. The summed E-state index contributed by atoms with van der Waals surface area (Å²) in [5.41, 5.74) is 5.82. The SMILES string of the molecule is NCCCC[C@H](NC(=O)c1ccc(OCCCCCCCl)cc1)C(=O)O. The van der Waals surface area contributed by atoms with Crippen molar-refractivity contribution in [1.82, 2.24) is 5.32 Å². The van der Waals surface area contributed by atoms with Gasteiger partial charge >= 0.3 is 5.97 Å². The molecule has 0 radical (unpaired) electrons. The number of unbranched alkanes of at least 4 members (excludes halogenated alkanes) is 4. The average Bonchev–Trinajstić information content (AvgIpc) is 2.64. The number of amides is 1. The predicted molar refractivity (Wildman–Crippen MR) is 103 cm³/mol. The van der Waals surface area contributed by atoms with Crippen LogP contribution in [0, 0.1) is 0 Å². The van der Waals surface area contributed by atoms with Crippen molar-refractivity contribution in [3.63, 3.8) is 0 Å². The van der Waals surface area contributed by atoms with Crippen molar-refractivity contribution in [2.75, 3.05) is 19.0 Å². The molecule has 0 aliphatic carbocycles. The number of carboxylic acid groups (broad SMARTS) is 1. The van der Waals surface area contributed by atoms with Gasteiger partial charge in [0.2, 0.25) is 0 Å². The largest absolute Gasteiger partial charge is 0.494 e. The minimum absolute atomic E-state index is 0.364. The second-order valence-corrected chi connectivity index (χ2v) is 6.50. The topological polar surface area (TPSA) is 102 Å². The summed E-state index contributed by atoms with van der Waals surface area (Å²) in [6.45, 7) is 1.13.